The third kappa shape index (κ3) is 3.76. The van der Waals surface area contributed by atoms with Gasteiger partial charge in [0, 0.05) is 17.5 Å². The summed E-state index contributed by atoms with van der Waals surface area (Å²) in [4.78, 5) is 4.53. The zero-order valence-electron chi connectivity index (χ0n) is 16.3. The van der Waals surface area contributed by atoms with Gasteiger partial charge in [-0.2, -0.15) is 9.78 Å². The van der Waals surface area contributed by atoms with E-state index in [-0.39, 0.29) is 10.7 Å². The van der Waals surface area contributed by atoms with Crippen molar-refractivity contribution < 1.29 is 22.3 Å². The van der Waals surface area contributed by atoms with E-state index in [2.05, 4.69) is 14.8 Å². The van der Waals surface area contributed by atoms with Gasteiger partial charge < -0.3 is 13.9 Å². The first-order valence-electron chi connectivity index (χ1n) is 8.72. The van der Waals surface area contributed by atoms with E-state index in [1.165, 1.54) is 48.4 Å². The quantitative estimate of drug-likeness (QED) is 0.461. The molecule has 0 bridgehead atoms. The van der Waals surface area contributed by atoms with E-state index in [9.17, 15) is 8.42 Å². The third-order valence-corrected chi connectivity index (χ3v) is 6.35. The first-order valence-corrected chi connectivity index (χ1v) is 11.1. The fraction of sp³-hybridized carbons (Fsp3) is 0.158. The van der Waals surface area contributed by atoms with Crippen LogP contribution in [0.1, 0.15) is 5.69 Å². The van der Waals surface area contributed by atoms with Crippen LogP contribution in [0.4, 0.5) is 5.82 Å². The maximum atomic E-state index is 13.0. The van der Waals surface area contributed by atoms with Crippen LogP contribution in [0.25, 0.3) is 16.6 Å². The van der Waals surface area contributed by atoms with Crippen LogP contribution in [-0.4, -0.2) is 37.4 Å². The predicted octanol–water partition coefficient (Wildman–Crippen LogP) is 3.72. The molecule has 1 aromatic carbocycles. The average Bonchev–Trinajstić information content (AvgIpc) is 3.47. The van der Waals surface area contributed by atoms with E-state index in [1.807, 2.05) is 5.38 Å². The SMILES string of the molecule is COc1ccc(S(=O)(=O)Nc2cc(C)nn2-c2nc(-c3ccco3)cs2)cc1OC. The molecule has 0 spiro atoms. The van der Waals surface area contributed by atoms with Gasteiger partial charge in [0.15, 0.2) is 17.3 Å². The number of benzene rings is 1. The molecule has 11 heteroatoms. The van der Waals surface area contributed by atoms with E-state index >= 15 is 0 Å². The second-order valence-electron chi connectivity index (χ2n) is 6.20. The lowest BCUT2D eigenvalue weighted by Crippen LogP contribution is -2.16. The Balaban J connectivity index is 1.68. The summed E-state index contributed by atoms with van der Waals surface area (Å²) in [5, 5.41) is 6.69. The number of anilines is 1. The molecule has 30 heavy (non-hydrogen) atoms. The van der Waals surface area contributed by atoms with E-state index < -0.39 is 10.0 Å². The second kappa shape index (κ2) is 7.84. The molecular weight excluding hydrogens is 428 g/mol. The molecule has 0 aliphatic carbocycles. The van der Waals surface area contributed by atoms with Gasteiger partial charge in [-0.05, 0) is 31.2 Å². The van der Waals surface area contributed by atoms with E-state index in [0.717, 1.165) is 0 Å². The van der Waals surface area contributed by atoms with E-state index in [1.54, 1.807) is 31.4 Å². The zero-order chi connectivity index (χ0) is 21.3. The molecule has 0 atom stereocenters. The number of aromatic nitrogens is 3. The molecule has 0 saturated heterocycles. The molecule has 0 radical (unpaired) electrons. The van der Waals surface area contributed by atoms with E-state index in [0.29, 0.717) is 33.8 Å². The highest BCUT2D eigenvalue weighted by molar-refractivity contribution is 7.92. The lowest BCUT2D eigenvalue weighted by Gasteiger charge is -2.12. The molecule has 0 fully saturated rings. The third-order valence-electron chi connectivity index (χ3n) is 4.18. The van der Waals surface area contributed by atoms with Crippen molar-refractivity contribution in [3.8, 4) is 28.1 Å². The minimum atomic E-state index is -3.91. The van der Waals surface area contributed by atoms with Gasteiger partial charge in [0.05, 0.1) is 31.1 Å². The van der Waals surface area contributed by atoms with Crippen molar-refractivity contribution in [2.45, 2.75) is 11.8 Å². The first kappa shape index (κ1) is 20.0. The lowest BCUT2D eigenvalue weighted by molar-refractivity contribution is 0.354. The predicted molar refractivity (Wildman–Crippen MR) is 112 cm³/mol. The Kier molecular flexibility index (Phi) is 5.22. The van der Waals surface area contributed by atoms with Crippen LogP contribution in [-0.2, 0) is 10.0 Å². The van der Waals surface area contributed by atoms with Crippen LogP contribution in [0.5, 0.6) is 11.5 Å². The molecule has 0 unspecified atom stereocenters. The molecule has 9 nitrogen and oxygen atoms in total. The highest BCUT2D eigenvalue weighted by atomic mass is 32.2. The maximum absolute atomic E-state index is 13.0. The fourth-order valence-corrected chi connectivity index (χ4v) is 4.62. The van der Waals surface area contributed by atoms with Gasteiger partial charge in [0.2, 0.25) is 5.13 Å². The van der Waals surface area contributed by atoms with Crippen LogP contribution in [0.2, 0.25) is 0 Å². The minimum absolute atomic E-state index is 0.0287. The van der Waals surface area contributed by atoms with Gasteiger partial charge >= 0.3 is 0 Å². The lowest BCUT2D eigenvalue weighted by atomic mass is 10.3. The van der Waals surface area contributed by atoms with Crippen molar-refractivity contribution >= 4 is 27.2 Å². The van der Waals surface area contributed by atoms with Crippen molar-refractivity contribution in [3.05, 3.63) is 53.7 Å². The Bertz CT molecular complexity index is 1280. The van der Waals surface area contributed by atoms with Crippen LogP contribution >= 0.6 is 11.3 Å². The van der Waals surface area contributed by atoms with Gasteiger partial charge in [-0.3, -0.25) is 4.72 Å². The fourth-order valence-electron chi connectivity index (χ4n) is 2.80. The Morgan fingerprint density at radius 2 is 1.93 bits per heavy atom. The summed E-state index contributed by atoms with van der Waals surface area (Å²) >= 11 is 1.32. The van der Waals surface area contributed by atoms with Crippen LogP contribution in [0.15, 0.2) is 57.4 Å². The molecule has 4 rings (SSSR count). The van der Waals surface area contributed by atoms with Gasteiger partial charge in [-0.25, -0.2) is 13.4 Å². The summed E-state index contributed by atoms with van der Waals surface area (Å²) in [5.74, 6) is 1.63. The summed E-state index contributed by atoms with van der Waals surface area (Å²) in [5.41, 5.74) is 1.27. The molecule has 0 saturated carbocycles. The molecule has 0 aliphatic rings. The van der Waals surface area contributed by atoms with Crippen molar-refractivity contribution in [3.63, 3.8) is 0 Å². The molecule has 0 aliphatic heterocycles. The maximum Gasteiger partial charge on any atom is 0.263 e. The average molecular weight is 447 g/mol. The smallest absolute Gasteiger partial charge is 0.263 e. The number of thiazole rings is 1. The first-order chi connectivity index (χ1) is 14.4. The zero-order valence-corrected chi connectivity index (χ0v) is 18.0. The van der Waals surface area contributed by atoms with Gasteiger partial charge in [-0.1, -0.05) is 0 Å². The van der Waals surface area contributed by atoms with Gasteiger partial charge in [0.1, 0.15) is 11.5 Å². The number of hydrogen-bond acceptors (Lipinski definition) is 8. The number of methoxy groups -OCH3 is 2. The number of aryl methyl sites for hydroxylation is 1. The number of nitrogens with zero attached hydrogens (tertiary/aromatic N) is 3. The number of furan rings is 1. The van der Waals surface area contributed by atoms with Gasteiger partial charge in [0.25, 0.3) is 10.0 Å². The van der Waals surface area contributed by atoms with Crippen LogP contribution < -0.4 is 14.2 Å². The summed E-state index contributed by atoms with van der Waals surface area (Å²) in [6.45, 7) is 1.77. The molecule has 3 heterocycles. The number of ether oxygens (including phenoxy) is 2. The Morgan fingerprint density at radius 1 is 1.13 bits per heavy atom. The van der Waals surface area contributed by atoms with Crippen molar-refractivity contribution in [1.29, 1.82) is 0 Å². The molecule has 156 valence electrons. The highest BCUT2D eigenvalue weighted by Gasteiger charge is 2.21. The highest BCUT2D eigenvalue weighted by Crippen LogP contribution is 2.31. The molecule has 1 N–H and O–H groups in total. The summed E-state index contributed by atoms with van der Waals surface area (Å²) in [6.07, 6.45) is 1.56. The van der Waals surface area contributed by atoms with Crippen molar-refractivity contribution in [2.24, 2.45) is 0 Å². The Morgan fingerprint density at radius 3 is 2.63 bits per heavy atom. The number of rotatable bonds is 7. The summed E-state index contributed by atoms with van der Waals surface area (Å²) < 4.78 is 45.7. The van der Waals surface area contributed by atoms with Crippen LogP contribution in [0.3, 0.4) is 0 Å². The second-order valence-corrected chi connectivity index (χ2v) is 8.72. The molecule has 3 aromatic heterocycles. The largest absolute Gasteiger partial charge is 0.493 e. The minimum Gasteiger partial charge on any atom is -0.493 e. The molecular formula is C19H18N4O5S2. The van der Waals surface area contributed by atoms with Crippen LogP contribution in [0, 0.1) is 6.92 Å². The topological polar surface area (TPSA) is 108 Å². The Hall–Kier alpha value is -3.31. The Labute approximate surface area is 176 Å². The number of nitrogens with one attached hydrogen (secondary N) is 1. The van der Waals surface area contributed by atoms with Crippen molar-refractivity contribution in [1.82, 2.24) is 14.8 Å². The summed E-state index contributed by atoms with van der Waals surface area (Å²) in [6, 6.07) is 9.57. The molecule has 0 amide bonds. The van der Waals surface area contributed by atoms with Crippen molar-refractivity contribution in [2.75, 3.05) is 18.9 Å². The summed E-state index contributed by atoms with van der Waals surface area (Å²) in [7, 11) is -0.986. The monoisotopic (exact) mass is 446 g/mol. The normalized spacial score (nSPS) is 11.4. The van der Waals surface area contributed by atoms with Gasteiger partial charge in [-0.15, -0.1) is 11.3 Å². The standard InChI is InChI=1S/C19H18N4O5S2/c1-12-9-18(22-30(24,25)13-6-7-16(26-2)17(10-13)27-3)23(21-12)19-20-14(11-29-19)15-5-4-8-28-15/h4-11,22H,1-3H3. The van der Waals surface area contributed by atoms with E-state index in [4.69, 9.17) is 13.9 Å². The molecule has 4 aromatic rings. The number of hydrogen-bond donors (Lipinski definition) is 1. The number of sulfonamides is 1.